The molecule has 0 radical (unpaired) electrons. The van der Waals surface area contributed by atoms with Crippen LogP contribution in [0.1, 0.15) is 31.5 Å². The van der Waals surface area contributed by atoms with Gasteiger partial charge in [-0.15, -0.1) is 11.3 Å². The molecule has 0 saturated carbocycles. The third kappa shape index (κ3) is 2.49. The number of hydrogen-bond donors (Lipinski definition) is 0. The average Bonchev–Trinajstić information content (AvgIpc) is 3.09. The predicted molar refractivity (Wildman–Crippen MR) is 75.9 cm³/mol. The van der Waals surface area contributed by atoms with Gasteiger partial charge in [-0.3, -0.25) is 9.36 Å². The van der Waals surface area contributed by atoms with Crippen molar-refractivity contribution in [2.45, 2.75) is 32.7 Å². The zero-order valence-corrected chi connectivity index (χ0v) is 11.9. The standard InChI is InChI=1S/C13H14N4O2S/c1-2-3-4-10-15-11(19-16-10)7-17-8-14-12-9(13(17)18)5-6-20-12/h5-6,8H,2-4,7H2,1H3. The maximum absolute atomic E-state index is 12.2. The Morgan fingerprint density at radius 1 is 1.45 bits per heavy atom. The van der Waals surface area contributed by atoms with Gasteiger partial charge in [-0.05, 0) is 17.9 Å². The number of rotatable bonds is 5. The summed E-state index contributed by atoms with van der Waals surface area (Å²) >= 11 is 1.45. The van der Waals surface area contributed by atoms with E-state index >= 15 is 0 Å². The molecule has 3 aromatic heterocycles. The maximum atomic E-state index is 12.2. The largest absolute Gasteiger partial charge is 0.337 e. The summed E-state index contributed by atoms with van der Waals surface area (Å²) in [6.45, 7) is 2.37. The first kappa shape index (κ1) is 13.0. The van der Waals surface area contributed by atoms with E-state index in [-0.39, 0.29) is 12.1 Å². The highest BCUT2D eigenvalue weighted by atomic mass is 32.1. The summed E-state index contributed by atoms with van der Waals surface area (Å²) in [6.07, 6.45) is 4.44. The average molecular weight is 290 g/mol. The number of fused-ring (bicyclic) bond motifs is 1. The fourth-order valence-electron chi connectivity index (χ4n) is 1.94. The van der Waals surface area contributed by atoms with Crippen molar-refractivity contribution in [1.82, 2.24) is 19.7 Å². The second kappa shape index (κ2) is 5.54. The van der Waals surface area contributed by atoms with Crippen LogP contribution >= 0.6 is 11.3 Å². The van der Waals surface area contributed by atoms with E-state index in [0.717, 1.165) is 24.1 Å². The van der Waals surface area contributed by atoms with Crippen molar-refractivity contribution in [2.75, 3.05) is 0 Å². The van der Waals surface area contributed by atoms with Crippen LogP contribution in [0.25, 0.3) is 10.2 Å². The number of nitrogens with zero attached hydrogens (tertiary/aromatic N) is 4. The molecular formula is C13H14N4O2S. The molecule has 0 aromatic carbocycles. The number of thiophene rings is 1. The van der Waals surface area contributed by atoms with E-state index in [1.54, 1.807) is 6.07 Å². The van der Waals surface area contributed by atoms with Gasteiger partial charge >= 0.3 is 0 Å². The molecule has 20 heavy (non-hydrogen) atoms. The minimum absolute atomic E-state index is 0.0791. The zero-order valence-electron chi connectivity index (χ0n) is 11.1. The Hall–Kier alpha value is -2.02. The molecule has 7 heteroatoms. The number of unbranched alkanes of at least 4 members (excludes halogenated alkanes) is 1. The van der Waals surface area contributed by atoms with Crippen LogP contribution in [0, 0.1) is 0 Å². The molecule has 0 N–H and O–H groups in total. The van der Waals surface area contributed by atoms with Crippen LogP contribution < -0.4 is 5.56 Å². The molecule has 3 heterocycles. The molecule has 3 rings (SSSR count). The Balaban J connectivity index is 1.83. The van der Waals surface area contributed by atoms with Crippen LogP contribution in [-0.2, 0) is 13.0 Å². The molecule has 6 nitrogen and oxygen atoms in total. The SMILES string of the molecule is CCCCc1noc(Cn2cnc3sccc3c2=O)n1. The molecule has 0 aliphatic rings. The Kier molecular flexibility index (Phi) is 3.60. The van der Waals surface area contributed by atoms with Gasteiger partial charge in [-0.25, -0.2) is 4.98 Å². The van der Waals surface area contributed by atoms with E-state index in [4.69, 9.17) is 4.52 Å². The molecule has 104 valence electrons. The Labute approximate surface area is 119 Å². The van der Waals surface area contributed by atoms with E-state index < -0.39 is 0 Å². The van der Waals surface area contributed by atoms with Crippen molar-refractivity contribution in [2.24, 2.45) is 0 Å². The van der Waals surface area contributed by atoms with Gasteiger partial charge in [0.2, 0.25) is 5.89 Å². The third-order valence-electron chi connectivity index (χ3n) is 3.02. The summed E-state index contributed by atoms with van der Waals surface area (Å²) < 4.78 is 6.66. The van der Waals surface area contributed by atoms with Crippen LogP contribution in [0.2, 0.25) is 0 Å². The fraction of sp³-hybridized carbons (Fsp3) is 0.385. The molecular weight excluding hydrogens is 276 g/mol. The van der Waals surface area contributed by atoms with Gasteiger partial charge in [0.1, 0.15) is 11.4 Å². The van der Waals surface area contributed by atoms with Gasteiger partial charge in [0, 0.05) is 6.42 Å². The second-order valence-corrected chi connectivity index (χ2v) is 5.42. The lowest BCUT2D eigenvalue weighted by Gasteiger charge is -2.00. The Bertz CT molecular complexity index is 774. The summed E-state index contributed by atoms with van der Waals surface area (Å²) in [5.41, 5.74) is -0.0791. The van der Waals surface area contributed by atoms with E-state index in [1.165, 1.54) is 22.2 Å². The zero-order chi connectivity index (χ0) is 13.9. The first-order valence-corrected chi connectivity index (χ1v) is 7.40. The van der Waals surface area contributed by atoms with Gasteiger partial charge < -0.3 is 4.52 Å². The fourth-order valence-corrected chi connectivity index (χ4v) is 2.67. The molecule has 0 spiro atoms. The van der Waals surface area contributed by atoms with Gasteiger partial charge in [-0.2, -0.15) is 4.98 Å². The van der Waals surface area contributed by atoms with Crippen LogP contribution in [0.15, 0.2) is 27.1 Å². The monoisotopic (exact) mass is 290 g/mol. The minimum Gasteiger partial charge on any atom is -0.337 e. The van der Waals surface area contributed by atoms with Gasteiger partial charge in [0.25, 0.3) is 5.56 Å². The van der Waals surface area contributed by atoms with E-state index in [2.05, 4.69) is 22.0 Å². The smallest absolute Gasteiger partial charge is 0.262 e. The molecule has 0 unspecified atom stereocenters. The molecule has 0 aliphatic heterocycles. The first-order valence-electron chi connectivity index (χ1n) is 6.52. The van der Waals surface area contributed by atoms with Crippen molar-refractivity contribution in [3.05, 3.63) is 39.8 Å². The number of aromatic nitrogens is 4. The quantitative estimate of drug-likeness (QED) is 0.720. The molecule has 0 saturated heterocycles. The van der Waals surface area contributed by atoms with Crippen LogP contribution in [0.3, 0.4) is 0 Å². The van der Waals surface area contributed by atoms with Gasteiger partial charge in [0.05, 0.1) is 11.7 Å². The number of hydrogen-bond acceptors (Lipinski definition) is 6. The van der Waals surface area contributed by atoms with Gasteiger partial charge in [-0.1, -0.05) is 18.5 Å². The van der Waals surface area contributed by atoms with E-state index in [9.17, 15) is 4.79 Å². The highest BCUT2D eigenvalue weighted by Gasteiger charge is 2.10. The Morgan fingerprint density at radius 2 is 2.35 bits per heavy atom. The molecule has 0 aliphatic carbocycles. The maximum Gasteiger partial charge on any atom is 0.262 e. The lowest BCUT2D eigenvalue weighted by atomic mass is 10.2. The summed E-state index contributed by atoms with van der Waals surface area (Å²) in [6, 6.07) is 1.78. The van der Waals surface area contributed by atoms with Crippen LogP contribution in [-0.4, -0.2) is 19.7 Å². The van der Waals surface area contributed by atoms with Crippen molar-refractivity contribution >= 4 is 21.6 Å². The summed E-state index contributed by atoms with van der Waals surface area (Å²) in [4.78, 5) is 21.5. The molecule has 0 amide bonds. The minimum atomic E-state index is -0.0791. The number of aryl methyl sites for hydroxylation is 1. The molecule has 0 bridgehead atoms. The van der Waals surface area contributed by atoms with E-state index in [0.29, 0.717) is 17.1 Å². The van der Waals surface area contributed by atoms with Crippen molar-refractivity contribution < 1.29 is 4.52 Å². The summed E-state index contributed by atoms with van der Waals surface area (Å²) in [5, 5.41) is 6.40. The molecule has 3 aromatic rings. The summed E-state index contributed by atoms with van der Waals surface area (Å²) in [5.74, 6) is 1.13. The van der Waals surface area contributed by atoms with Crippen LogP contribution in [0.4, 0.5) is 0 Å². The predicted octanol–water partition coefficient (Wildman–Crippen LogP) is 2.23. The second-order valence-electron chi connectivity index (χ2n) is 4.52. The highest BCUT2D eigenvalue weighted by molar-refractivity contribution is 7.16. The lowest BCUT2D eigenvalue weighted by Crippen LogP contribution is -2.20. The van der Waals surface area contributed by atoms with Gasteiger partial charge in [0.15, 0.2) is 5.82 Å². The topological polar surface area (TPSA) is 73.8 Å². The molecule has 0 atom stereocenters. The van der Waals surface area contributed by atoms with Crippen LogP contribution in [0.5, 0.6) is 0 Å². The third-order valence-corrected chi connectivity index (χ3v) is 3.84. The normalized spacial score (nSPS) is 11.2. The Morgan fingerprint density at radius 3 is 3.20 bits per heavy atom. The first-order chi connectivity index (χ1) is 9.78. The van der Waals surface area contributed by atoms with E-state index in [1.807, 2.05) is 5.38 Å². The molecule has 0 fully saturated rings. The van der Waals surface area contributed by atoms with Crippen molar-refractivity contribution in [3.63, 3.8) is 0 Å². The highest BCUT2D eigenvalue weighted by Crippen LogP contribution is 2.13. The van der Waals surface area contributed by atoms with Crippen molar-refractivity contribution in [1.29, 1.82) is 0 Å². The van der Waals surface area contributed by atoms with Crippen molar-refractivity contribution in [3.8, 4) is 0 Å². The lowest BCUT2D eigenvalue weighted by molar-refractivity contribution is 0.364. The summed E-state index contributed by atoms with van der Waals surface area (Å²) in [7, 11) is 0.